The van der Waals surface area contributed by atoms with Crippen LogP contribution in [-0.2, 0) is 43.3 Å². The summed E-state index contributed by atoms with van der Waals surface area (Å²) in [6.45, 7) is 1.73. The van der Waals surface area contributed by atoms with Gasteiger partial charge in [-0.2, -0.15) is 11.8 Å². The molecule has 7 atom stereocenters. The van der Waals surface area contributed by atoms with E-state index in [0.717, 1.165) is 28.6 Å². The second-order valence-electron chi connectivity index (χ2n) is 14.4. The number of carboxylic acids is 1. The van der Waals surface area contributed by atoms with Crippen LogP contribution in [0.2, 0.25) is 0 Å². The number of carboxylic acid groups (broad SMARTS) is 1. The normalized spacial score (nSPS) is 19.7. The van der Waals surface area contributed by atoms with E-state index in [-0.39, 0.29) is 49.5 Å². The molecule has 0 bridgehead atoms. The largest absolute Gasteiger partial charge is 0.508 e. The predicted molar refractivity (Wildman–Crippen MR) is 217 cm³/mol. The number of aliphatic hydroxyl groups excluding tert-OH is 1. The molecule has 21 heteroatoms. The van der Waals surface area contributed by atoms with E-state index in [1.165, 1.54) is 48.8 Å². The number of urea groups is 1. The summed E-state index contributed by atoms with van der Waals surface area (Å²) < 4.78 is 6.70. The summed E-state index contributed by atoms with van der Waals surface area (Å²) in [5.41, 5.74) is 0.365. The number of aromatic hydroxyl groups is 2. The Morgan fingerprint density at radius 2 is 1.75 bits per heavy atom. The van der Waals surface area contributed by atoms with Crippen molar-refractivity contribution < 1.29 is 49.1 Å². The highest BCUT2D eigenvalue weighted by atomic mass is 32.2. The summed E-state index contributed by atoms with van der Waals surface area (Å²) in [5, 5.41) is 53.7. The van der Waals surface area contributed by atoms with Crippen LogP contribution in [-0.4, -0.2) is 120 Å². The molecule has 20 nitrogen and oxygen atoms in total. The Hall–Kier alpha value is -6.32. The highest BCUT2D eigenvalue weighted by molar-refractivity contribution is 7.98. The number of aromatic nitrogens is 2. The van der Waals surface area contributed by atoms with Gasteiger partial charge in [-0.3, -0.25) is 28.7 Å². The molecular formula is C39H48N8O12S. The summed E-state index contributed by atoms with van der Waals surface area (Å²) >= 11 is 1.37. The zero-order chi connectivity index (χ0) is 43.7. The van der Waals surface area contributed by atoms with Gasteiger partial charge in [-0.25, -0.2) is 14.4 Å². The number of hydrogen-bond donors (Lipinski definition) is 10. The second kappa shape index (κ2) is 20.1. The van der Waals surface area contributed by atoms with Crippen molar-refractivity contribution >= 4 is 41.5 Å². The molecule has 5 amide bonds. The number of nitrogens with one attached hydrogen (secondary N) is 6. The molecule has 2 aliphatic heterocycles. The van der Waals surface area contributed by atoms with Crippen LogP contribution in [0.4, 0.5) is 4.79 Å². The molecule has 0 aliphatic carbocycles. The average molecular weight is 853 g/mol. The van der Waals surface area contributed by atoms with Crippen molar-refractivity contribution in [3.63, 3.8) is 0 Å². The number of H-pyrrole nitrogens is 1. The van der Waals surface area contributed by atoms with Crippen LogP contribution in [0.15, 0.2) is 76.3 Å². The van der Waals surface area contributed by atoms with E-state index in [2.05, 4.69) is 31.6 Å². The van der Waals surface area contributed by atoms with Crippen LogP contribution in [0.1, 0.15) is 42.7 Å². The topological polar surface area (TPSA) is 294 Å². The van der Waals surface area contributed by atoms with Gasteiger partial charge in [-0.1, -0.05) is 24.3 Å². The summed E-state index contributed by atoms with van der Waals surface area (Å²) in [7, 11) is 1.45. The third-order valence-electron chi connectivity index (χ3n) is 10.2. The van der Waals surface area contributed by atoms with Crippen molar-refractivity contribution in [2.45, 2.75) is 81.7 Å². The Balaban J connectivity index is 1.35. The average Bonchev–Trinajstić information content (AvgIpc) is 3.58. The molecule has 0 saturated carbocycles. The maximum Gasteiger partial charge on any atom is 0.331 e. The number of phenolic OH excluding ortho intramolecular Hbond substituents is 2. The van der Waals surface area contributed by atoms with Crippen LogP contribution in [0, 0.1) is 0 Å². The minimum atomic E-state index is -1.48. The number of aliphatic hydroxyl groups is 1. The van der Waals surface area contributed by atoms with E-state index in [1.807, 2.05) is 0 Å². The molecule has 2 aromatic carbocycles. The third-order valence-corrected chi connectivity index (χ3v) is 10.9. The molecule has 10 N–H and O–H groups in total. The number of likely N-dealkylation sites (N-methyl/N-ethyl adjacent to an activating group) is 1. The molecule has 322 valence electrons. The minimum absolute atomic E-state index is 0.0457. The number of aliphatic carboxylic acids is 1. The number of phenols is 2. The van der Waals surface area contributed by atoms with Crippen LogP contribution in [0.3, 0.4) is 0 Å². The number of ether oxygens (including phenoxy) is 1. The zero-order valence-electron chi connectivity index (χ0n) is 32.9. The Morgan fingerprint density at radius 3 is 2.45 bits per heavy atom. The number of amides is 5. The van der Waals surface area contributed by atoms with Gasteiger partial charge >= 0.3 is 17.7 Å². The monoisotopic (exact) mass is 852 g/mol. The lowest BCUT2D eigenvalue weighted by Gasteiger charge is -2.36. The van der Waals surface area contributed by atoms with Gasteiger partial charge in [0.2, 0.25) is 23.9 Å². The predicted octanol–water partition coefficient (Wildman–Crippen LogP) is -0.652. The van der Waals surface area contributed by atoms with Crippen molar-refractivity contribution in [2.75, 3.05) is 19.1 Å². The maximum absolute atomic E-state index is 14.0. The van der Waals surface area contributed by atoms with Gasteiger partial charge in [0.25, 0.3) is 5.56 Å². The number of carbonyl (C=O) groups is 5. The van der Waals surface area contributed by atoms with Crippen molar-refractivity contribution in [1.29, 1.82) is 0 Å². The third kappa shape index (κ3) is 11.2. The van der Waals surface area contributed by atoms with Gasteiger partial charge in [0, 0.05) is 50.5 Å². The van der Waals surface area contributed by atoms with E-state index in [0.29, 0.717) is 16.9 Å². The number of benzene rings is 2. The molecule has 0 spiro atoms. The fraction of sp³-hybridized carbons (Fsp3) is 0.410. The summed E-state index contributed by atoms with van der Waals surface area (Å²) in [4.78, 5) is 94.5. The van der Waals surface area contributed by atoms with Crippen LogP contribution in [0.5, 0.6) is 11.5 Å². The van der Waals surface area contributed by atoms with Crippen molar-refractivity contribution in [3.8, 4) is 11.5 Å². The Morgan fingerprint density at radius 1 is 1.02 bits per heavy atom. The molecule has 7 unspecified atom stereocenters. The Kier molecular flexibility index (Phi) is 15.0. The first-order valence-electron chi connectivity index (χ1n) is 18.9. The first kappa shape index (κ1) is 44.8. The molecule has 1 saturated heterocycles. The lowest BCUT2D eigenvalue weighted by atomic mass is 9.94. The highest BCUT2D eigenvalue weighted by Gasteiger charge is 2.38. The molecule has 1 aromatic heterocycles. The molecule has 2 aliphatic rings. The first-order chi connectivity index (χ1) is 28.6. The van der Waals surface area contributed by atoms with E-state index in [4.69, 9.17) is 4.74 Å². The van der Waals surface area contributed by atoms with Gasteiger partial charge in [0.1, 0.15) is 41.5 Å². The van der Waals surface area contributed by atoms with E-state index >= 15 is 0 Å². The van der Waals surface area contributed by atoms with Crippen molar-refractivity contribution in [1.82, 2.24) is 41.0 Å². The van der Waals surface area contributed by atoms with Gasteiger partial charge in [0.05, 0.1) is 12.1 Å². The molecule has 3 heterocycles. The number of rotatable bonds is 16. The number of thioether (sulfide) groups is 1. The summed E-state index contributed by atoms with van der Waals surface area (Å²) in [6, 6.07) is 4.97. The second-order valence-corrected chi connectivity index (χ2v) is 15.3. The fourth-order valence-electron chi connectivity index (χ4n) is 6.81. The maximum atomic E-state index is 14.0. The molecule has 3 aromatic rings. The number of fused-ring (bicyclic) bond motifs is 1. The van der Waals surface area contributed by atoms with E-state index in [9.17, 15) is 54.0 Å². The summed E-state index contributed by atoms with van der Waals surface area (Å²) in [5.74, 6) is -3.05. The van der Waals surface area contributed by atoms with Crippen LogP contribution < -0.4 is 37.8 Å². The molecule has 1 fully saturated rings. The molecular weight excluding hydrogens is 805 g/mol. The van der Waals surface area contributed by atoms with Crippen molar-refractivity contribution in [2.24, 2.45) is 0 Å². The zero-order valence-corrected chi connectivity index (χ0v) is 33.7. The van der Waals surface area contributed by atoms with Crippen LogP contribution >= 0.6 is 11.8 Å². The lowest BCUT2D eigenvalue weighted by Crippen LogP contribution is -2.62. The molecule has 5 rings (SSSR count). The quantitative estimate of drug-likeness (QED) is 0.0857. The lowest BCUT2D eigenvalue weighted by molar-refractivity contribution is -0.139. The van der Waals surface area contributed by atoms with E-state index in [1.54, 1.807) is 30.5 Å². The fourth-order valence-corrected chi connectivity index (χ4v) is 7.28. The number of carbonyl (C=O) groups excluding carboxylic acids is 4. The first-order valence-corrected chi connectivity index (χ1v) is 20.3. The SMILES string of the molecule is CSCCC(NC(=O)NC(Cc1cccc(O)c1)C(=O)O)C(=O)NC(C(=O)NC=C1CC(O)C(n2ccc(=O)[nH]c2=O)O1)C(C)N(C)C(=O)C1Cc2cccc(O)c2CN1. The summed E-state index contributed by atoms with van der Waals surface area (Å²) in [6.07, 6.45) is 1.53. The molecule has 60 heavy (non-hydrogen) atoms. The van der Waals surface area contributed by atoms with Gasteiger partial charge in [-0.15, -0.1) is 0 Å². The minimum Gasteiger partial charge on any atom is -0.508 e. The number of aromatic amines is 1. The van der Waals surface area contributed by atoms with Gasteiger partial charge in [0.15, 0.2) is 0 Å². The Bertz CT molecular complexity index is 2230. The number of hydrogen-bond acceptors (Lipinski definition) is 13. The van der Waals surface area contributed by atoms with Gasteiger partial charge < -0.3 is 56.6 Å². The molecule has 0 radical (unpaired) electrons. The Labute approximate surface area is 347 Å². The van der Waals surface area contributed by atoms with E-state index < -0.39 is 83.5 Å². The number of nitrogens with zero attached hydrogens (tertiary/aromatic N) is 2. The highest BCUT2D eigenvalue weighted by Crippen LogP contribution is 2.30. The van der Waals surface area contributed by atoms with Gasteiger partial charge in [-0.05, 0) is 61.1 Å². The standard InChI is InChI=1S/C39H48N8O12S/c1-20(46(2)35(54)27-16-22-7-5-9-29(49)25(22)19-40-27)32(34(53)41-18-24-17-30(50)36(59-24)47-12-10-31(51)44-39(47)58)45-33(52)26(11-13-60-3)42-38(57)43-28(37(55)56)15-21-6-4-8-23(48)14-21/h4-10,12,14,18,20,26-28,30,32,36,40,48-50H,11,13,15-17,19H2,1-3H3,(H,41,53)(H,45,52)(H,55,56)(H2,42,43,57)(H,44,51,58). The smallest absolute Gasteiger partial charge is 0.331 e. The van der Waals surface area contributed by atoms with Crippen molar-refractivity contribution in [3.05, 3.63) is 104 Å². The van der Waals surface area contributed by atoms with Crippen LogP contribution in [0.25, 0.3) is 0 Å².